The van der Waals surface area contributed by atoms with Gasteiger partial charge in [0.2, 0.25) is 0 Å². The molecule has 5 heteroatoms. The summed E-state index contributed by atoms with van der Waals surface area (Å²) in [6.07, 6.45) is 0. The molecule has 0 saturated heterocycles. The largest absolute Gasteiger partial charge is 1.00 e. The van der Waals surface area contributed by atoms with Gasteiger partial charge < -0.3 is 19.8 Å². The van der Waals surface area contributed by atoms with Crippen molar-refractivity contribution in [1.82, 2.24) is 14.7 Å². The van der Waals surface area contributed by atoms with E-state index in [2.05, 4.69) is 98.4 Å². The molecule has 0 spiro atoms. The molecule has 0 atom stereocenters. The van der Waals surface area contributed by atoms with Gasteiger partial charge in [-0.05, 0) is 64.1 Å². The third kappa shape index (κ3) is 13.0. The Labute approximate surface area is 203 Å². The Morgan fingerprint density at radius 1 is 0.690 bits per heavy atom. The third-order valence-electron chi connectivity index (χ3n) is 4.71. The Hall–Kier alpha value is -0.100. The Morgan fingerprint density at radius 2 is 1.00 bits per heavy atom. The molecule has 0 aliphatic rings. The second kappa shape index (κ2) is 13.3. The molecule has 0 bridgehead atoms. The molecule has 4 nitrogen and oxygen atoms in total. The summed E-state index contributed by atoms with van der Waals surface area (Å²) in [7, 11) is 10.6. The van der Waals surface area contributed by atoms with E-state index >= 15 is 0 Å². The molecule has 0 N–H and O–H groups in total. The van der Waals surface area contributed by atoms with Gasteiger partial charge in [-0.15, -0.1) is 5.75 Å². The first-order valence-corrected chi connectivity index (χ1v) is 10.4. The van der Waals surface area contributed by atoms with Crippen molar-refractivity contribution in [2.75, 3.05) is 61.4 Å². The van der Waals surface area contributed by atoms with Crippen LogP contribution in [0.5, 0.6) is 5.75 Å². The van der Waals surface area contributed by atoms with Crippen LogP contribution in [-0.2, 0) is 10.8 Å². The molecule has 1 rings (SSSR count). The fourth-order valence-corrected chi connectivity index (χ4v) is 2.74. The molecule has 0 amide bonds. The quantitative estimate of drug-likeness (QED) is 0.641. The van der Waals surface area contributed by atoms with Crippen LogP contribution in [0.3, 0.4) is 0 Å². The molecule has 0 aliphatic heterocycles. The Bertz CT molecular complexity index is 540. The molecular weight excluding hydrogens is 369 g/mol. The Morgan fingerprint density at radius 3 is 1.24 bits per heavy atom. The molecule has 0 heterocycles. The zero-order valence-electron chi connectivity index (χ0n) is 21.7. The standard InChI is InChI=1S/C15H24O.C9H23N3.Na/c1-10-8-11(14(2,3)4)13(16)12(9-10)15(5,6)7;1-10(2)6-8-12(5)9-7-11(3)4;/h8-9,16H,1-7H3;6-9H2,1-5H3;/q;;+1/p-1. The summed E-state index contributed by atoms with van der Waals surface area (Å²) in [5.74, 6) is 0.214. The van der Waals surface area contributed by atoms with Gasteiger partial charge in [-0.2, -0.15) is 0 Å². The summed E-state index contributed by atoms with van der Waals surface area (Å²) in [6.45, 7) is 19.2. The number of nitrogens with zero attached hydrogens (tertiary/aromatic N) is 3. The molecule has 29 heavy (non-hydrogen) atoms. The average molecular weight is 416 g/mol. The van der Waals surface area contributed by atoms with Crippen molar-refractivity contribution in [3.63, 3.8) is 0 Å². The maximum atomic E-state index is 12.4. The van der Waals surface area contributed by atoms with Gasteiger partial charge in [-0.1, -0.05) is 59.2 Å². The van der Waals surface area contributed by atoms with Gasteiger partial charge in [-0.25, -0.2) is 0 Å². The van der Waals surface area contributed by atoms with E-state index in [1.165, 1.54) is 5.56 Å². The van der Waals surface area contributed by atoms with E-state index in [0.717, 1.165) is 37.3 Å². The predicted octanol–water partition coefficient (Wildman–Crippen LogP) is 0.709. The minimum absolute atomic E-state index is 0. The van der Waals surface area contributed by atoms with Crippen molar-refractivity contribution in [1.29, 1.82) is 0 Å². The van der Waals surface area contributed by atoms with Gasteiger partial charge in [0.05, 0.1) is 0 Å². The first kappa shape index (κ1) is 31.1. The fraction of sp³-hybridized carbons (Fsp3) is 0.750. The summed E-state index contributed by atoms with van der Waals surface area (Å²) < 4.78 is 0. The topological polar surface area (TPSA) is 32.8 Å². The van der Waals surface area contributed by atoms with E-state index in [1.807, 2.05) is 12.1 Å². The smallest absolute Gasteiger partial charge is 0.872 e. The first-order valence-electron chi connectivity index (χ1n) is 10.4. The molecule has 0 radical (unpaired) electrons. The SMILES string of the molecule is CN(C)CCN(C)CCN(C)C.Cc1cc(C(C)(C)C)c([O-])c(C(C)(C)C)c1.[Na+]. The van der Waals surface area contributed by atoms with E-state index in [0.29, 0.717) is 0 Å². The fourth-order valence-electron chi connectivity index (χ4n) is 2.74. The first-order chi connectivity index (χ1) is 12.6. The third-order valence-corrected chi connectivity index (χ3v) is 4.71. The van der Waals surface area contributed by atoms with Crippen LogP contribution in [0.4, 0.5) is 0 Å². The van der Waals surface area contributed by atoms with Crippen molar-refractivity contribution in [2.24, 2.45) is 0 Å². The van der Waals surface area contributed by atoms with Crippen LogP contribution in [0, 0.1) is 6.92 Å². The molecule has 0 aliphatic carbocycles. The van der Waals surface area contributed by atoms with Gasteiger partial charge in [0.1, 0.15) is 0 Å². The second-order valence-electron chi connectivity index (χ2n) is 10.6. The van der Waals surface area contributed by atoms with E-state index < -0.39 is 0 Å². The number of benzene rings is 1. The van der Waals surface area contributed by atoms with Gasteiger partial charge in [0.15, 0.2) is 0 Å². The number of hydrogen-bond acceptors (Lipinski definition) is 4. The summed E-state index contributed by atoms with van der Waals surface area (Å²) >= 11 is 0. The van der Waals surface area contributed by atoms with Crippen LogP contribution in [0.15, 0.2) is 12.1 Å². The molecule has 164 valence electrons. The van der Waals surface area contributed by atoms with E-state index in [1.54, 1.807) is 0 Å². The van der Waals surface area contributed by atoms with Crippen LogP contribution in [0.25, 0.3) is 0 Å². The van der Waals surface area contributed by atoms with Crippen LogP contribution in [-0.4, -0.2) is 76.1 Å². The van der Waals surface area contributed by atoms with E-state index in [4.69, 9.17) is 0 Å². The van der Waals surface area contributed by atoms with E-state index in [-0.39, 0.29) is 46.1 Å². The minimum atomic E-state index is -0.0803. The average Bonchev–Trinajstić information content (AvgIpc) is 2.51. The molecule has 0 saturated carbocycles. The maximum absolute atomic E-state index is 12.4. The number of rotatable bonds is 6. The Balaban J connectivity index is 0. The molecule has 0 fully saturated rings. The molecular formula is C24H46N3NaO. The predicted molar refractivity (Wildman–Crippen MR) is 123 cm³/mol. The maximum Gasteiger partial charge on any atom is 1.00 e. The summed E-state index contributed by atoms with van der Waals surface area (Å²) in [5.41, 5.74) is 2.87. The summed E-state index contributed by atoms with van der Waals surface area (Å²) in [6, 6.07) is 4.05. The zero-order chi connectivity index (χ0) is 22.3. The van der Waals surface area contributed by atoms with Crippen LogP contribution in [0.1, 0.15) is 58.2 Å². The monoisotopic (exact) mass is 415 g/mol. The Kier molecular flexibility index (Phi) is 14.3. The van der Waals surface area contributed by atoms with Crippen molar-refractivity contribution < 1.29 is 34.7 Å². The molecule has 0 unspecified atom stereocenters. The van der Waals surface area contributed by atoms with E-state index in [9.17, 15) is 5.11 Å². The van der Waals surface area contributed by atoms with Gasteiger partial charge in [0.25, 0.3) is 0 Å². The van der Waals surface area contributed by atoms with Gasteiger partial charge in [0, 0.05) is 26.2 Å². The summed E-state index contributed by atoms with van der Waals surface area (Å²) in [5, 5.41) is 12.4. The van der Waals surface area contributed by atoms with Crippen LogP contribution >= 0.6 is 0 Å². The molecule has 0 aromatic heterocycles. The van der Waals surface area contributed by atoms with Crippen molar-refractivity contribution in [2.45, 2.75) is 59.3 Å². The number of likely N-dealkylation sites (N-methyl/N-ethyl adjacent to an activating group) is 3. The van der Waals surface area contributed by atoms with Gasteiger partial charge in [-0.3, -0.25) is 0 Å². The van der Waals surface area contributed by atoms with Gasteiger partial charge >= 0.3 is 29.6 Å². The number of hydrogen-bond donors (Lipinski definition) is 0. The van der Waals surface area contributed by atoms with Crippen molar-refractivity contribution in [3.8, 4) is 5.75 Å². The van der Waals surface area contributed by atoms with Crippen LogP contribution < -0.4 is 34.7 Å². The number of aryl methyl sites for hydroxylation is 1. The second-order valence-corrected chi connectivity index (χ2v) is 10.6. The van der Waals surface area contributed by atoms with Crippen molar-refractivity contribution >= 4 is 0 Å². The van der Waals surface area contributed by atoms with Crippen LogP contribution in [0.2, 0.25) is 0 Å². The van der Waals surface area contributed by atoms with Crippen molar-refractivity contribution in [3.05, 3.63) is 28.8 Å². The normalized spacial score (nSPS) is 12.1. The minimum Gasteiger partial charge on any atom is -0.872 e. The summed E-state index contributed by atoms with van der Waals surface area (Å²) in [4.78, 5) is 6.79. The zero-order valence-corrected chi connectivity index (χ0v) is 23.7. The molecule has 1 aromatic carbocycles. The molecule has 1 aromatic rings.